The molecule has 2 saturated heterocycles. The first-order valence-electron chi connectivity index (χ1n) is 7.07. The Morgan fingerprint density at radius 1 is 1.05 bits per heavy atom. The van der Waals surface area contributed by atoms with E-state index in [0.717, 1.165) is 12.8 Å². The Balaban J connectivity index is 1.91. The van der Waals surface area contributed by atoms with Crippen LogP contribution in [0, 0.1) is 5.92 Å². The largest absolute Gasteiger partial charge is 0.351 e. The molecule has 2 rings (SSSR count). The van der Waals surface area contributed by atoms with Crippen LogP contribution >= 0.6 is 0 Å². The summed E-state index contributed by atoms with van der Waals surface area (Å²) in [5.74, 6) is -0.231. The number of piperazine rings is 1. The van der Waals surface area contributed by atoms with Gasteiger partial charge < -0.3 is 15.5 Å². The minimum atomic E-state index is -3.19. The van der Waals surface area contributed by atoms with Gasteiger partial charge in [-0.15, -0.1) is 0 Å². The topological polar surface area (TPSA) is 104 Å². The van der Waals surface area contributed by atoms with Crippen molar-refractivity contribution in [2.45, 2.75) is 12.8 Å². The number of piperidine rings is 1. The van der Waals surface area contributed by atoms with Crippen LogP contribution in [0.2, 0.25) is 0 Å². The monoisotopic (exact) mass is 318 g/mol. The van der Waals surface area contributed by atoms with E-state index in [9.17, 15) is 18.0 Å². The van der Waals surface area contributed by atoms with E-state index < -0.39 is 16.1 Å². The lowest BCUT2D eigenvalue weighted by Crippen LogP contribution is -2.54. The number of amides is 3. The molecule has 0 radical (unpaired) electrons. The van der Waals surface area contributed by atoms with Gasteiger partial charge in [-0.1, -0.05) is 0 Å². The summed E-state index contributed by atoms with van der Waals surface area (Å²) in [6.07, 6.45) is 2.69. The predicted octanol–water partition coefficient (Wildman–Crippen LogP) is -1.12. The molecule has 0 bridgehead atoms. The van der Waals surface area contributed by atoms with E-state index in [1.165, 1.54) is 15.5 Å². The molecule has 0 aliphatic carbocycles. The molecule has 120 valence electrons. The van der Waals surface area contributed by atoms with Crippen LogP contribution in [0.25, 0.3) is 0 Å². The Morgan fingerprint density at radius 3 is 2.19 bits per heavy atom. The molecular formula is C12H22N4O4S. The molecule has 0 unspecified atom stereocenters. The van der Waals surface area contributed by atoms with Crippen molar-refractivity contribution in [2.24, 2.45) is 11.7 Å². The fraction of sp³-hybridized carbons (Fsp3) is 0.833. The molecule has 2 aliphatic heterocycles. The standard InChI is InChI=1S/C12H22N4O4S/c1-21(19,20)16-7-5-14(6-8-16)11(17)10-3-2-4-15(9-10)12(13)18/h10H,2-9H2,1H3,(H2,13,18)/t10-/m0/s1. The second-order valence-corrected chi connectivity index (χ2v) is 7.59. The predicted molar refractivity (Wildman–Crippen MR) is 76.9 cm³/mol. The first-order valence-corrected chi connectivity index (χ1v) is 8.92. The zero-order valence-corrected chi connectivity index (χ0v) is 13.0. The van der Waals surface area contributed by atoms with Crippen LogP contribution in [0.5, 0.6) is 0 Å². The van der Waals surface area contributed by atoms with Gasteiger partial charge in [0.25, 0.3) is 0 Å². The first kappa shape index (κ1) is 16.0. The average molecular weight is 318 g/mol. The molecule has 2 N–H and O–H groups in total. The molecule has 9 heteroatoms. The summed E-state index contributed by atoms with van der Waals surface area (Å²) in [5.41, 5.74) is 5.26. The molecule has 1 atom stereocenters. The van der Waals surface area contributed by atoms with Crippen molar-refractivity contribution in [3.63, 3.8) is 0 Å². The average Bonchev–Trinajstić information content (AvgIpc) is 2.46. The Labute approximate surface area is 124 Å². The molecule has 3 amide bonds. The Hall–Kier alpha value is -1.35. The highest BCUT2D eigenvalue weighted by Gasteiger charge is 2.33. The summed E-state index contributed by atoms with van der Waals surface area (Å²) < 4.78 is 24.3. The number of hydrogen-bond acceptors (Lipinski definition) is 4. The van der Waals surface area contributed by atoms with Gasteiger partial charge in [0, 0.05) is 39.3 Å². The number of sulfonamides is 1. The van der Waals surface area contributed by atoms with Gasteiger partial charge in [0.2, 0.25) is 15.9 Å². The third-order valence-electron chi connectivity index (χ3n) is 4.10. The SMILES string of the molecule is CS(=O)(=O)N1CCN(C(=O)[C@H]2CCCN(C(N)=O)C2)CC1. The van der Waals surface area contributed by atoms with E-state index in [1.54, 1.807) is 4.90 Å². The normalized spacial score (nSPS) is 24.9. The van der Waals surface area contributed by atoms with Crippen molar-refractivity contribution in [1.82, 2.24) is 14.1 Å². The lowest BCUT2D eigenvalue weighted by atomic mass is 9.96. The second-order valence-electron chi connectivity index (χ2n) is 5.61. The van der Waals surface area contributed by atoms with E-state index in [2.05, 4.69) is 0 Å². The summed E-state index contributed by atoms with van der Waals surface area (Å²) in [6, 6.07) is -0.491. The number of carbonyl (C=O) groups is 2. The number of nitrogens with two attached hydrogens (primary N) is 1. The molecule has 2 heterocycles. The van der Waals surface area contributed by atoms with Crippen molar-refractivity contribution in [2.75, 3.05) is 45.5 Å². The lowest BCUT2D eigenvalue weighted by molar-refractivity contribution is -0.138. The summed E-state index contributed by atoms with van der Waals surface area (Å²) in [6.45, 7) is 2.42. The van der Waals surface area contributed by atoms with Crippen molar-refractivity contribution in [1.29, 1.82) is 0 Å². The molecule has 0 saturated carbocycles. The summed E-state index contributed by atoms with van der Waals surface area (Å²) in [5, 5.41) is 0. The molecular weight excluding hydrogens is 296 g/mol. The number of carbonyl (C=O) groups excluding carboxylic acids is 2. The zero-order valence-electron chi connectivity index (χ0n) is 12.2. The molecule has 0 aromatic carbocycles. The van der Waals surface area contributed by atoms with Crippen molar-refractivity contribution >= 4 is 22.0 Å². The van der Waals surface area contributed by atoms with Gasteiger partial charge in [0.1, 0.15) is 0 Å². The fourth-order valence-electron chi connectivity index (χ4n) is 2.88. The number of likely N-dealkylation sites (tertiary alicyclic amines) is 1. The number of nitrogens with zero attached hydrogens (tertiary/aromatic N) is 3. The van der Waals surface area contributed by atoms with Crippen LogP contribution in [0.1, 0.15) is 12.8 Å². The van der Waals surface area contributed by atoms with Gasteiger partial charge in [-0.2, -0.15) is 4.31 Å². The van der Waals surface area contributed by atoms with Crippen molar-refractivity contribution in [3.8, 4) is 0 Å². The van der Waals surface area contributed by atoms with Gasteiger partial charge in [-0.25, -0.2) is 13.2 Å². The van der Waals surface area contributed by atoms with E-state index in [4.69, 9.17) is 5.73 Å². The van der Waals surface area contributed by atoms with Gasteiger partial charge in [-0.05, 0) is 12.8 Å². The number of urea groups is 1. The highest BCUT2D eigenvalue weighted by atomic mass is 32.2. The maximum atomic E-state index is 12.5. The molecule has 0 spiro atoms. The number of rotatable bonds is 2. The van der Waals surface area contributed by atoms with Gasteiger partial charge in [-0.3, -0.25) is 4.79 Å². The summed E-state index contributed by atoms with van der Waals surface area (Å²) >= 11 is 0. The zero-order chi connectivity index (χ0) is 15.6. The van der Waals surface area contributed by atoms with E-state index in [-0.39, 0.29) is 11.8 Å². The third-order valence-corrected chi connectivity index (χ3v) is 5.40. The van der Waals surface area contributed by atoms with E-state index in [0.29, 0.717) is 39.3 Å². The van der Waals surface area contributed by atoms with Crippen molar-refractivity contribution in [3.05, 3.63) is 0 Å². The quantitative estimate of drug-likeness (QED) is 0.696. The third kappa shape index (κ3) is 3.85. The van der Waals surface area contributed by atoms with Crippen LogP contribution in [0.4, 0.5) is 4.79 Å². The minimum Gasteiger partial charge on any atom is -0.351 e. The molecule has 2 fully saturated rings. The molecule has 2 aliphatic rings. The van der Waals surface area contributed by atoms with Gasteiger partial charge >= 0.3 is 6.03 Å². The smallest absolute Gasteiger partial charge is 0.314 e. The molecule has 0 aromatic rings. The molecule has 21 heavy (non-hydrogen) atoms. The van der Waals surface area contributed by atoms with Crippen LogP contribution < -0.4 is 5.73 Å². The van der Waals surface area contributed by atoms with Crippen LogP contribution in [-0.4, -0.2) is 80.0 Å². The van der Waals surface area contributed by atoms with E-state index >= 15 is 0 Å². The number of hydrogen-bond donors (Lipinski definition) is 1. The Morgan fingerprint density at radius 2 is 1.67 bits per heavy atom. The fourth-order valence-corrected chi connectivity index (χ4v) is 3.70. The van der Waals surface area contributed by atoms with Crippen LogP contribution in [-0.2, 0) is 14.8 Å². The molecule has 0 aromatic heterocycles. The Bertz CT molecular complexity index is 513. The minimum absolute atomic E-state index is 0.00546. The van der Waals surface area contributed by atoms with E-state index in [1.807, 2.05) is 0 Å². The van der Waals surface area contributed by atoms with Crippen LogP contribution in [0.15, 0.2) is 0 Å². The van der Waals surface area contributed by atoms with Gasteiger partial charge in [0.15, 0.2) is 0 Å². The maximum absolute atomic E-state index is 12.5. The highest BCUT2D eigenvalue weighted by molar-refractivity contribution is 7.88. The highest BCUT2D eigenvalue weighted by Crippen LogP contribution is 2.20. The lowest BCUT2D eigenvalue weighted by Gasteiger charge is -2.37. The maximum Gasteiger partial charge on any atom is 0.314 e. The van der Waals surface area contributed by atoms with Gasteiger partial charge in [0.05, 0.1) is 12.2 Å². The summed E-state index contributed by atoms with van der Waals surface area (Å²) in [7, 11) is -3.19. The Kier molecular flexibility index (Phi) is 4.72. The molecule has 8 nitrogen and oxygen atoms in total. The van der Waals surface area contributed by atoms with Crippen LogP contribution in [0.3, 0.4) is 0 Å². The first-order chi connectivity index (χ1) is 9.79. The second kappa shape index (κ2) is 6.18. The number of primary amides is 1. The summed E-state index contributed by atoms with van der Waals surface area (Å²) in [4.78, 5) is 26.8. The van der Waals surface area contributed by atoms with Crippen molar-refractivity contribution < 1.29 is 18.0 Å².